The predicted molar refractivity (Wildman–Crippen MR) is 84.6 cm³/mol. The summed E-state index contributed by atoms with van der Waals surface area (Å²) in [6.07, 6.45) is 7.62. The van der Waals surface area contributed by atoms with Crippen LogP contribution in [0.2, 0.25) is 0 Å². The first-order valence-corrected chi connectivity index (χ1v) is 8.79. The Kier molecular flexibility index (Phi) is 4.95. The van der Waals surface area contributed by atoms with E-state index in [0.717, 1.165) is 49.9 Å². The first-order valence-electron chi connectivity index (χ1n) is 7.80. The van der Waals surface area contributed by atoms with Crippen LogP contribution in [0.15, 0.2) is 17.4 Å². The third-order valence-electron chi connectivity index (χ3n) is 4.11. The van der Waals surface area contributed by atoms with E-state index in [9.17, 15) is 4.79 Å². The molecule has 1 aromatic rings. The molecular formula is C15H22N4OS. The molecule has 0 aliphatic carbocycles. The molecule has 0 radical (unpaired) electrons. The molecule has 0 N–H and O–H groups in total. The Morgan fingerprint density at radius 2 is 1.76 bits per heavy atom. The standard InChI is InChI=1S/C15H22N4OS/c20-15(19-8-2-1-3-9-19)11-21-14-10-13(16-12-17-14)18-6-4-5-7-18/h10,12H,1-9,11H2. The molecule has 0 atom stereocenters. The number of carbonyl (C=O) groups is 1. The molecule has 0 saturated carbocycles. The van der Waals surface area contributed by atoms with Crippen molar-refractivity contribution in [3.8, 4) is 0 Å². The zero-order chi connectivity index (χ0) is 14.5. The number of nitrogens with zero attached hydrogens (tertiary/aromatic N) is 4. The van der Waals surface area contributed by atoms with Crippen molar-refractivity contribution in [3.05, 3.63) is 12.4 Å². The fourth-order valence-electron chi connectivity index (χ4n) is 2.90. The van der Waals surface area contributed by atoms with Crippen LogP contribution in [0.3, 0.4) is 0 Å². The second-order valence-corrected chi connectivity index (χ2v) is 6.63. The smallest absolute Gasteiger partial charge is 0.232 e. The largest absolute Gasteiger partial charge is 0.356 e. The van der Waals surface area contributed by atoms with Gasteiger partial charge in [-0.05, 0) is 32.1 Å². The highest BCUT2D eigenvalue weighted by Crippen LogP contribution is 2.23. The Bertz CT molecular complexity index is 484. The molecule has 1 amide bonds. The minimum Gasteiger partial charge on any atom is -0.356 e. The van der Waals surface area contributed by atoms with E-state index in [1.807, 2.05) is 11.0 Å². The number of hydrogen-bond acceptors (Lipinski definition) is 5. The molecule has 3 heterocycles. The van der Waals surface area contributed by atoms with Gasteiger partial charge >= 0.3 is 0 Å². The molecule has 3 rings (SSSR count). The van der Waals surface area contributed by atoms with Crippen molar-refractivity contribution in [2.24, 2.45) is 0 Å². The van der Waals surface area contributed by atoms with Gasteiger partial charge in [-0.2, -0.15) is 0 Å². The lowest BCUT2D eigenvalue weighted by Gasteiger charge is -2.26. The molecule has 1 aromatic heterocycles. The maximum atomic E-state index is 12.2. The topological polar surface area (TPSA) is 49.3 Å². The molecule has 2 aliphatic heterocycles. The second kappa shape index (κ2) is 7.11. The van der Waals surface area contributed by atoms with Crippen molar-refractivity contribution in [2.45, 2.75) is 37.1 Å². The Morgan fingerprint density at radius 3 is 2.52 bits per heavy atom. The third-order valence-corrected chi connectivity index (χ3v) is 5.02. The molecular weight excluding hydrogens is 284 g/mol. The number of anilines is 1. The Hall–Kier alpha value is -1.30. The highest BCUT2D eigenvalue weighted by Gasteiger charge is 2.18. The zero-order valence-electron chi connectivity index (χ0n) is 12.3. The van der Waals surface area contributed by atoms with E-state index in [4.69, 9.17) is 0 Å². The number of hydrogen-bond donors (Lipinski definition) is 0. The Balaban J connectivity index is 1.54. The summed E-state index contributed by atoms with van der Waals surface area (Å²) in [6.45, 7) is 3.99. The lowest BCUT2D eigenvalue weighted by molar-refractivity contribution is -0.129. The average molecular weight is 306 g/mol. The minimum atomic E-state index is 0.237. The van der Waals surface area contributed by atoms with E-state index in [2.05, 4.69) is 14.9 Å². The summed E-state index contributed by atoms with van der Waals surface area (Å²) >= 11 is 1.53. The van der Waals surface area contributed by atoms with Gasteiger partial charge in [-0.1, -0.05) is 11.8 Å². The lowest BCUT2D eigenvalue weighted by atomic mass is 10.1. The van der Waals surface area contributed by atoms with Crippen molar-refractivity contribution >= 4 is 23.5 Å². The van der Waals surface area contributed by atoms with Crippen LogP contribution in [0.1, 0.15) is 32.1 Å². The summed E-state index contributed by atoms with van der Waals surface area (Å²) in [7, 11) is 0. The van der Waals surface area contributed by atoms with Gasteiger partial charge in [0.2, 0.25) is 5.91 Å². The fraction of sp³-hybridized carbons (Fsp3) is 0.667. The predicted octanol–water partition coefficient (Wildman–Crippen LogP) is 2.18. The van der Waals surface area contributed by atoms with Crippen LogP contribution >= 0.6 is 11.8 Å². The number of carbonyl (C=O) groups excluding carboxylic acids is 1. The van der Waals surface area contributed by atoms with Gasteiger partial charge in [0.1, 0.15) is 17.2 Å². The average Bonchev–Trinajstić information content (AvgIpc) is 3.08. The summed E-state index contributed by atoms with van der Waals surface area (Å²) in [5.74, 6) is 1.72. The maximum absolute atomic E-state index is 12.2. The molecule has 2 aliphatic rings. The number of likely N-dealkylation sites (tertiary alicyclic amines) is 1. The minimum absolute atomic E-state index is 0.237. The van der Waals surface area contributed by atoms with Crippen LogP contribution in [0, 0.1) is 0 Å². The van der Waals surface area contributed by atoms with Gasteiger partial charge in [-0.15, -0.1) is 0 Å². The molecule has 5 nitrogen and oxygen atoms in total. The van der Waals surface area contributed by atoms with E-state index >= 15 is 0 Å². The van der Waals surface area contributed by atoms with Crippen LogP contribution in [-0.2, 0) is 4.79 Å². The number of rotatable bonds is 4. The van der Waals surface area contributed by atoms with Crippen LogP contribution < -0.4 is 4.90 Å². The van der Waals surface area contributed by atoms with E-state index < -0.39 is 0 Å². The van der Waals surface area contributed by atoms with Gasteiger partial charge in [0.15, 0.2) is 0 Å². The summed E-state index contributed by atoms with van der Waals surface area (Å²) in [4.78, 5) is 25.1. The molecule has 2 saturated heterocycles. The summed E-state index contributed by atoms with van der Waals surface area (Å²) in [5.41, 5.74) is 0. The van der Waals surface area contributed by atoms with Crippen LogP contribution in [0.5, 0.6) is 0 Å². The van der Waals surface area contributed by atoms with Crippen molar-refractivity contribution in [1.29, 1.82) is 0 Å². The summed E-state index contributed by atoms with van der Waals surface area (Å²) in [6, 6.07) is 2.01. The molecule has 0 unspecified atom stereocenters. The maximum Gasteiger partial charge on any atom is 0.232 e. The van der Waals surface area contributed by atoms with Gasteiger partial charge in [0, 0.05) is 32.2 Å². The van der Waals surface area contributed by atoms with Crippen molar-refractivity contribution < 1.29 is 4.79 Å². The summed E-state index contributed by atoms with van der Waals surface area (Å²) in [5, 5.41) is 0.900. The van der Waals surface area contributed by atoms with E-state index in [1.54, 1.807) is 6.33 Å². The Morgan fingerprint density at radius 1 is 1.05 bits per heavy atom. The number of aromatic nitrogens is 2. The van der Waals surface area contributed by atoms with Crippen molar-refractivity contribution in [2.75, 3.05) is 36.8 Å². The van der Waals surface area contributed by atoms with E-state index in [1.165, 1.54) is 31.0 Å². The van der Waals surface area contributed by atoms with Gasteiger partial charge in [0.05, 0.1) is 5.75 Å². The van der Waals surface area contributed by atoms with Gasteiger partial charge in [0.25, 0.3) is 0 Å². The monoisotopic (exact) mass is 306 g/mol. The van der Waals surface area contributed by atoms with Crippen molar-refractivity contribution in [1.82, 2.24) is 14.9 Å². The van der Waals surface area contributed by atoms with Crippen LogP contribution in [0.4, 0.5) is 5.82 Å². The molecule has 0 aromatic carbocycles. The highest BCUT2D eigenvalue weighted by atomic mass is 32.2. The molecule has 6 heteroatoms. The first kappa shape index (κ1) is 14.6. The normalized spacial score (nSPS) is 19.0. The fourth-order valence-corrected chi connectivity index (χ4v) is 3.66. The third kappa shape index (κ3) is 3.87. The molecule has 2 fully saturated rings. The van der Waals surface area contributed by atoms with E-state index in [-0.39, 0.29) is 5.91 Å². The quantitative estimate of drug-likeness (QED) is 0.630. The summed E-state index contributed by atoms with van der Waals surface area (Å²) < 4.78 is 0. The first-order chi connectivity index (χ1) is 10.3. The number of amides is 1. The van der Waals surface area contributed by atoms with Crippen molar-refractivity contribution in [3.63, 3.8) is 0 Å². The van der Waals surface area contributed by atoms with Crippen LogP contribution in [0.25, 0.3) is 0 Å². The number of piperidine rings is 1. The van der Waals surface area contributed by atoms with Gasteiger partial charge < -0.3 is 9.80 Å². The van der Waals surface area contributed by atoms with E-state index in [0.29, 0.717) is 5.75 Å². The van der Waals surface area contributed by atoms with Gasteiger partial charge in [-0.3, -0.25) is 4.79 Å². The molecule has 0 bridgehead atoms. The molecule has 0 spiro atoms. The molecule has 21 heavy (non-hydrogen) atoms. The second-order valence-electron chi connectivity index (χ2n) is 5.64. The van der Waals surface area contributed by atoms with Gasteiger partial charge in [-0.25, -0.2) is 9.97 Å². The zero-order valence-corrected chi connectivity index (χ0v) is 13.1. The Labute approximate surface area is 130 Å². The number of thioether (sulfide) groups is 1. The highest BCUT2D eigenvalue weighted by molar-refractivity contribution is 7.99. The van der Waals surface area contributed by atoms with Crippen LogP contribution in [-0.4, -0.2) is 52.7 Å². The molecule has 114 valence electrons. The lowest BCUT2D eigenvalue weighted by Crippen LogP contribution is -2.36. The SMILES string of the molecule is O=C(CSc1cc(N2CCCC2)ncn1)N1CCCCC1.